The minimum atomic E-state index is -10.7. The molecule has 0 bridgehead atoms. The van der Waals surface area contributed by atoms with Crippen LogP contribution in [0.25, 0.3) is 68.3 Å². The molecule has 0 N–H and O–H groups in total. The molecule has 0 unspecified atom stereocenters. The molecule has 368 valence electrons. The summed E-state index contributed by atoms with van der Waals surface area (Å²) >= 11 is 0. The molecule has 0 saturated heterocycles. The SMILES string of the molecule is Cc1cccc(-c2cccc(-c3cccc(-c4cccc(C)n4)n3)n2)n1.Cc1cccc(-c2cccc(-c3cccc(-c4cccc(C)n4)n3)n2)n1.F[P-](F)(F)(F)(F)F.F[P-](F)(F)(F)(F)F.[Ag+].[Ag+]. The largest absolute Gasteiger partial charge is 1.00 e. The van der Waals surface area contributed by atoms with E-state index in [0.717, 1.165) is 91.1 Å². The third kappa shape index (κ3) is 22.2. The van der Waals surface area contributed by atoms with Gasteiger partial charge in [-0.2, -0.15) is 0 Å². The molecule has 68 heavy (non-hydrogen) atoms. The second-order valence-corrected chi connectivity index (χ2v) is 18.0. The molecule has 8 heterocycles. The van der Waals surface area contributed by atoms with Crippen LogP contribution in [0.2, 0.25) is 0 Å². The Labute approximate surface area is 412 Å². The monoisotopic (exact) mass is 1180 g/mol. The van der Waals surface area contributed by atoms with Crippen molar-refractivity contribution in [2.24, 2.45) is 0 Å². The number of rotatable bonds is 6. The quantitative estimate of drug-likeness (QED) is 0.0921. The summed E-state index contributed by atoms with van der Waals surface area (Å²) in [6.07, 6.45) is 0. The zero-order valence-electron chi connectivity index (χ0n) is 35.5. The summed E-state index contributed by atoms with van der Waals surface area (Å²) in [4.78, 5) is 37.3. The normalized spacial score (nSPS) is 12.9. The van der Waals surface area contributed by atoms with Gasteiger partial charge in [0.05, 0.1) is 68.3 Å². The fourth-order valence-corrected chi connectivity index (χ4v) is 5.62. The topological polar surface area (TPSA) is 103 Å². The van der Waals surface area contributed by atoms with Crippen molar-refractivity contribution in [3.63, 3.8) is 0 Å². The summed E-state index contributed by atoms with van der Waals surface area (Å²) in [5, 5.41) is 0. The average molecular weight is 1180 g/mol. The summed E-state index contributed by atoms with van der Waals surface area (Å²) in [6, 6.07) is 47.5. The maximum atomic E-state index is 9.87. The number of hydrogen-bond donors (Lipinski definition) is 0. The van der Waals surface area contributed by atoms with Crippen LogP contribution >= 0.6 is 15.6 Å². The molecule has 8 nitrogen and oxygen atoms in total. The van der Waals surface area contributed by atoms with Gasteiger partial charge < -0.3 is 0 Å². The summed E-state index contributed by atoms with van der Waals surface area (Å²) in [5.74, 6) is 0. The van der Waals surface area contributed by atoms with Crippen LogP contribution in [-0.2, 0) is 44.8 Å². The Bertz CT molecular complexity index is 2610. The number of pyridine rings is 8. The van der Waals surface area contributed by atoms with Gasteiger partial charge in [-0.05, 0) is 125 Å². The Balaban J connectivity index is 0.000000276. The molecule has 0 aliphatic heterocycles. The van der Waals surface area contributed by atoms with Crippen molar-refractivity contribution >= 4 is 15.6 Å². The first-order valence-electron chi connectivity index (χ1n) is 19.1. The van der Waals surface area contributed by atoms with Crippen LogP contribution in [0.15, 0.2) is 146 Å². The van der Waals surface area contributed by atoms with Crippen molar-refractivity contribution in [1.82, 2.24) is 39.9 Å². The van der Waals surface area contributed by atoms with Crippen molar-refractivity contribution in [2.45, 2.75) is 27.7 Å². The van der Waals surface area contributed by atoms with Gasteiger partial charge in [0.2, 0.25) is 0 Å². The van der Waals surface area contributed by atoms with Gasteiger partial charge in [-0.3, -0.25) is 19.9 Å². The first-order chi connectivity index (χ1) is 30.3. The molecule has 0 atom stereocenters. The standard InChI is InChI=1S/2C22H18N4.2Ag.2F6P/c2*1-15-7-3-9-17(23-15)19-11-5-13-21(25-19)22-14-6-12-20(26-22)18-10-4-8-16(2)24-18;;;2*1-7(2,3,4,5)6/h2*3-14H,1-2H3;;;;/q;;2*+1;2*-1. The Hall–Kier alpha value is -5.30. The van der Waals surface area contributed by atoms with Crippen LogP contribution < -0.4 is 0 Å². The maximum absolute atomic E-state index is 10.7. The minimum absolute atomic E-state index is 0. The predicted octanol–water partition coefficient (Wildman–Crippen LogP) is 16.5. The fourth-order valence-electron chi connectivity index (χ4n) is 5.62. The van der Waals surface area contributed by atoms with Crippen LogP contribution in [0.3, 0.4) is 0 Å². The van der Waals surface area contributed by atoms with Crippen LogP contribution in [-0.4, -0.2) is 39.9 Å². The van der Waals surface area contributed by atoms with E-state index >= 15 is 0 Å². The van der Waals surface area contributed by atoms with E-state index in [4.69, 9.17) is 19.9 Å². The molecule has 0 saturated carbocycles. The van der Waals surface area contributed by atoms with Gasteiger partial charge >= 0.3 is 111 Å². The first-order valence-corrected chi connectivity index (χ1v) is 23.1. The molecule has 8 aromatic heterocycles. The van der Waals surface area contributed by atoms with Crippen LogP contribution in [0.4, 0.5) is 50.4 Å². The number of nitrogens with zero attached hydrogens (tertiary/aromatic N) is 8. The minimum Gasteiger partial charge on any atom is 1.00 e. The van der Waals surface area contributed by atoms with Crippen LogP contribution in [0, 0.1) is 27.7 Å². The van der Waals surface area contributed by atoms with E-state index in [1.54, 1.807) is 0 Å². The van der Waals surface area contributed by atoms with Gasteiger partial charge in [0.1, 0.15) is 0 Å². The third-order valence-corrected chi connectivity index (χ3v) is 8.12. The van der Waals surface area contributed by atoms with E-state index < -0.39 is 15.6 Å². The molecule has 0 amide bonds. The summed E-state index contributed by atoms with van der Waals surface area (Å²) < 4.78 is 118. The molecular formula is C44H36Ag2F12N8P2. The molecule has 0 radical (unpaired) electrons. The fraction of sp³-hybridized carbons (Fsp3) is 0.0909. The second kappa shape index (κ2) is 20.7. The van der Waals surface area contributed by atoms with Gasteiger partial charge in [-0.15, -0.1) is 0 Å². The molecule has 0 aliphatic carbocycles. The first kappa shape index (κ1) is 57.0. The van der Waals surface area contributed by atoms with E-state index in [1.807, 2.05) is 173 Å². The van der Waals surface area contributed by atoms with Crippen molar-refractivity contribution in [1.29, 1.82) is 0 Å². The van der Waals surface area contributed by atoms with E-state index in [-0.39, 0.29) is 44.8 Å². The molecule has 0 fully saturated rings. The van der Waals surface area contributed by atoms with Gasteiger partial charge in [0.25, 0.3) is 0 Å². The van der Waals surface area contributed by atoms with Crippen LogP contribution in [0.1, 0.15) is 22.8 Å². The number of aryl methyl sites for hydroxylation is 4. The number of aromatic nitrogens is 8. The predicted molar refractivity (Wildman–Crippen MR) is 234 cm³/mol. The molecule has 8 aromatic rings. The Morgan fingerprint density at radius 3 is 0.441 bits per heavy atom. The average Bonchev–Trinajstić information content (AvgIpc) is 3.22. The maximum Gasteiger partial charge on any atom is 1.00 e. The summed E-state index contributed by atoms with van der Waals surface area (Å²) in [7, 11) is -21.3. The molecular weight excluding hydrogens is 1150 g/mol. The van der Waals surface area contributed by atoms with Gasteiger partial charge in [-0.25, -0.2) is 19.9 Å². The van der Waals surface area contributed by atoms with Crippen molar-refractivity contribution in [3.8, 4) is 68.3 Å². The number of hydrogen-bond acceptors (Lipinski definition) is 8. The van der Waals surface area contributed by atoms with Gasteiger partial charge in [-0.1, -0.05) is 48.5 Å². The molecule has 0 spiro atoms. The number of halogens is 12. The van der Waals surface area contributed by atoms with Gasteiger partial charge in [0, 0.05) is 22.8 Å². The second-order valence-electron chi connectivity index (χ2n) is 14.2. The van der Waals surface area contributed by atoms with E-state index in [9.17, 15) is 50.4 Å². The van der Waals surface area contributed by atoms with E-state index in [2.05, 4.69) is 19.9 Å². The molecule has 0 aliphatic rings. The Kier molecular flexibility index (Phi) is 17.4. The van der Waals surface area contributed by atoms with E-state index in [1.165, 1.54) is 0 Å². The smallest absolute Gasteiger partial charge is 1.00 e. The molecule has 0 aromatic carbocycles. The third-order valence-electron chi connectivity index (χ3n) is 8.12. The van der Waals surface area contributed by atoms with Crippen molar-refractivity contribution in [3.05, 3.63) is 168 Å². The molecule has 8 rings (SSSR count). The van der Waals surface area contributed by atoms with Crippen LogP contribution in [0.5, 0.6) is 0 Å². The Morgan fingerprint density at radius 1 is 0.221 bits per heavy atom. The van der Waals surface area contributed by atoms with E-state index in [0.29, 0.717) is 0 Å². The van der Waals surface area contributed by atoms with Gasteiger partial charge in [0.15, 0.2) is 0 Å². The summed E-state index contributed by atoms with van der Waals surface area (Å²) in [5.41, 5.74) is 14.0. The summed E-state index contributed by atoms with van der Waals surface area (Å²) in [6.45, 7) is 7.92. The zero-order chi connectivity index (χ0) is 48.7. The molecule has 24 heteroatoms. The van der Waals surface area contributed by atoms with Crippen molar-refractivity contribution in [2.75, 3.05) is 0 Å². The van der Waals surface area contributed by atoms with Crippen molar-refractivity contribution < 1.29 is 95.1 Å². The Morgan fingerprint density at radius 2 is 0.324 bits per heavy atom. The zero-order valence-corrected chi connectivity index (χ0v) is 40.2.